The molecule has 1 aromatic carbocycles. The van der Waals surface area contributed by atoms with E-state index in [0.717, 1.165) is 19.0 Å². The molecule has 1 aliphatic rings. The Balaban J connectivity index is 1.57. The number of hydrogen-bond acceptors (Lipinski definition) is 2. The molecule has 0 spiro atoms. The van der Waals surface area contributed by atoms with Gasteiger partial charge in [-0.15, -0.1) is 0 Å². The van der Waals surface area contributed by atoms with E-state index >= 15 is 0 Å². The molecule has 1 fully saturated rings. The summed E-state index contributed by atoms with van der Waals surface area (Å²) in [5.41, 5.74) is 0.616. The summed E-state index contributed by atoms with van der Waals surface area (Å²) in [5.74, 6) is -1.02. The van der Waals surface area contributed by atoms with E-state index in [2.05, 4.69) is 4.90 Å². The highest BCUT2D eigenvalue weighted by atomic mass is 19.1. The van der Waals surface area contributed by atoms with Gasteiger partial charge in [0.2, 0.25) is 0 Å². The molecular weight excluding hydrogens is 282 g/mol. The average molecular weight is 310 g/mol. The Morgan fingerprint density at radius 2 is 1.55 bits per heavy atom. The first-order valence-corrected chi connectivity index (χ1v) is 8.55. The number of anilines is 1. The van der Waals surface area contributed by atoms with E-state index in [1.54, 1.807) is 0 Å². The predicted octanol–water partition coefficient (Wildman–Crippen LogP) is 4.45. The quantitative estimate of drug-likeness (QED) is 0.655. The van der Waals surface area contributed by atoms with Crippen molar-refractivity contribution < 1.29 is 8.78 Å². The van der Waals surface area contributed by atoms with Gasteiger partial charge in [0.25, 0.3) is 0 Å². The fraction of sp³-hybridized carbons (Fsp3) is 0.667. The average Bonchev–Trinajstić information content (AvgIpc) is 2.50. The van der Waals surface area contributed by atoms with Crippen LogP contribution in [0.15, 0.2) is 18.2 Å². The van der Waals surface area contributed by atoms with Crippen LogP contribution in [0.4, 0.5) is 14.5 Å². The molecule has 0 saturated carbocycles. The Hall–Kier alpha value is -1.16. The van der Waals surface area contributed by atoms with E-state index in [4.69, 9.17) is 0 Å². The number of halogens is 2. The zero-order valence-electron chi connectivity index (χ0n) is 13.7. The first-order valence-electron chi connectivity index (χ1n) is 8.55. The van der Waals surface area contributed by atoms with E-state index in [-0.39, 0.29) is 0 Å². The van der Waals surface area contributed by atoms with Gasteiger partial charge in [-0.3, -0.25) is 0 Å². The standard InChI is InChI=1S/C18H28F2N2/c1-21(18-14-16(19)13-17(20)15-18)9-5-2-3-6-10-22-11-7-4-8-12-22/h13-15H,2-12H2,1H3. The second kappa shape index (κ2) is 9.09. The van der Waals surface area contributed by atoms with Crippen LogP contribution >= 0.6 is 0 Å². The lowest BCUT2D eigenvalue weighted by atomic mass is 10.1. The molecule has 0 N–H and O–H groups in total. The summed E-state index contributed by atoms with van der Waals surface area (Å²) in [4.78, 5) is 4.50. The monoisotopic (exact) mass is 310 g/mol. The van der Waals surface area contributed by atoms with Gasteiger partial charge in [-0.2, -0.15) is 0 Å². The Labute approximate surface area is 133 Å². The van der Waals surface area contributed by atoms with Gasteiger partial charge in [-0.25, -0.2) is 8.78 Å². The maximum atomic E-state index is 13.2. The lowest BCUT2D eigenvalue weighted by Crippen LogP contribution is -2.30. The van der Waals surface area contributed by atoms with Gasteiger partial charge in [-0.1, -0.05) is 19.3 Å². The van der Waals surface area contributed by atoms with Crippen LogP contribution in [0.1, 0.15) is 44.9 Å². The lowest BCUT2D eigenvalue weighted by Gasteiger charge is -2.26. The van der Waals surface area contributed by atoms with Gasteiger partial charge in [0, 0.05) is 25.3 Å². The van der Waals surface area contributed by atoms with Crippen LogP contribution in [0.5, 0.6) is 0 Å². The molecule has 0 aromatic heterocycles. The molecule has 1 aliphatic heterocycles. The van der Waals surface area contributed by atoms with Crippen LogP contribution in [-0.2, 0) is 0 Å². The SMILES string of the molecule is CN(CCCCCCN1CCCCC1)c1cc(F)cc(F)c1. The van der Waals surface area contributed by atoms with Crippen LogP contribution in [0.3, 0.4) is 0 Å². The normalized spacial score (nSPS) is 16.0. The predicted molar refractivity (Wildman–Crippen MR) is 88.4 cm³/mol. The fourth-order valence-electron chi connectivity index (χ4n) is 3.11. The minimum absolute atomic E-state index is 0.511. The molecule has 0 aliphatic carbocycles. The second-order valence-electron chi connectivity index (χ2n) is 6.37. The summed E-state index contributed by atoms with van der Waals surface area (Å²) < 4.78 is 26.4. The Kier molecular flexibility index (Phi) is 7.10. The summed E-state index contributed by atoms with van der Waals surface area (Å²) >= 11 is 0. The minimum atomic E-state index is -0.511. The first-order chi connectivity index (χ1) is 10.6. The lowest BCUT2D eigenvalue weighted by molar-refractivity contribution is 0.224. The number of likely N-dealkylation sites (tertiary alicyclic amines) is 1. The third-order valence-corrected chi connectivity index (χ3v) is 4.45. The zero-order chi connectivity index (χ0) is 15.8. The summed E-state index contributed by atoms with van der Waals surface area (Å²) in [7, 11) is 1.89. The van der Waals surface area contributed by atoms with Crippen molar-refractivity contribution in [2.45, 2.75) is 44.9 Å². The van der Waals surface area contributed by atoms with E-state index < -0.39 is 11.6 Å². The van der Waals surface area contributed by atoms with E-state index in [1.165, 1.54) is 70.3 Å². The van der Waals surface area contributed by atoms with E-state index in [0.29, 0.717) is 5.69 Å². The maximum Gasteiger partial charge on any atom is 0.128 e. The third-order valence-electron chi connectivity index (χ3n) is 4.45. The smallest absolute Gasteiger partial charge is 0.128 e. The van der Waals surface area contributed by atoms with E-state index in [9.17, 15) is 8.78 Å². The molecule has 0 amide bonds. The highest BCUT2D eigenvalue weighted by molar-refractivity contribution is 5.45. The van der Waals surface area contributed by atoms with Gasteiger partial charge < -0.3 is 9.80 Å². The maximum absolute atomic E-state index is 13.2. The van der Waals surface area contributed by atoms with Gasteiger partial charge >= 0.3 is 0 Å². The Morgan fingerprint density at radius 1 is 0.909 bits per heavy atom. The highest BCUT2D eigenvalue weighted by Crippen LogP contribution is 2.17. The summed E-state index contributed by atoms with van der Waals surface area (Å²) in [6.07, 6.45) is 8.85. The number of nitrogens with zero attached hydrogens (tertiary/aromatic N) is 2. The minimum Gasteiger partial charge on any atom is -0.374 e. The number of unbranched alkanes of at least 4 members (excludes halogenated alkanes) is 3. The molecule has 0 atom stereocenters. The molecule has 124 valence electrons. The zero-order valence-corrected chi connectivity index (χ0v) is 13.7. The highest BCUT2D eigenvalue weighted by Gasteiger charge is 2.09. The number of benzene rings is 1. The van der Waals surface area contributed by atoms with Gasteiger partial charge in [-0.05, 0) is 57.5 Å². The molecule has 22 heavy (non-hydrogen) atoms. The number of rotatable bonds is 8. The van der Waals surface area contributed by atoms with Crippen molar-refractivity contribution in [3.8, 4) is 0 Å². The Morgan fingerprint density at radius 3 is 2.23 bits per heavy atom. The van der Waals surface area contributed by atoms with Crippen LogP contribution in [0.25, 0.3) is 0 Å². The van der Waals surface area contributed by atoms with Crippen molar-refractivity contribution in [2.75, 3.05) is 38.1 Å². The summed E-state index contributed by atoms with van der Waals surface area (Å²) in [6, 6.07) is 3.69. The van der Waals surface area contributed by atoms with Crippen molar-refractivity contribution in [3.63, 3.8) is 0 Å². The third kappa shape index (κ3) is 5.91. The van der Waals surface area contributed by atoms with Crippen LogP contribution < -0.4 is 4.90 Å². The van der Waals surface area contributed by atoms with Crippen molar-refractivity contribution in [3.05, 3.63) is 29.8 Å². The second-order valence-corrected chi connectivity index (χ2v) is 6.37. The van der Waals surface area contributed by atoms with Crippen molar-refractivity contribution in [2.24, 2.45) is 0 Å². The topological polar surface area (TPSA) is 6.48 Å². The van der Waals surface area contributed by atoms with E-state index in [1.807, 2.05) is 11.9 Å². The van der Waals surface area contributed by atoms with Crippen molar-refractivity contribution in [1.82, 2.24) is 4.90 Å². The molecule has 0 unspecified atom stereocenters. The largest absolute Gasteiger partial charge is 0.374 e. The summed E-state index contributed by atoms with van der Waals surface area (Å²) in [6.45, 7) is 4.61. The number of hydrogen-bond donors (Lipinski definition) is 0. The van der Waals surface area contributed by atoms with Crippen LogP contribution in [0.2, 0.25) is 0 Å². The first kappa shape index (κ1) is 17.2. The molecule has 0 bridgehead atoms. The van der Waals surface area contributed by atoms with Gasteiger partial charge in [0.1, 0.15) is 11.6 Å². The fourth-order valence-corrected chi connectivity index (χ4v) is 3.11. The van der Waals surface area contributed by atoms with Crippen molar-refractivity contribution >= 4 is 5.69 Å². The molecule has 0 radical (unpaired) electrons. The Bertz CT molecular complexity index is 424. The molecule has 2 nitrogen and oxygen atoms in total. The molecular formula is C18H28F2N2. The van der Waals surface area contributed by atoms with Crippen molar-refractivity contribution in [1.29, 1.82) is 0 Å². The molecule has 1 saturated heterocycles. The molecule has 1 heterocycles. The van der Waals surface area contributed by atoms with Crippen LogP contribution in [-0.4, -0.2) is 38.1 Å². The molecule has 4 heteroatoms. The van der Waals surface area contributed by atoms with Gasteiger partial charge in [0.05, 0.1) is 0 Å². The van der Waals surface area contributed by atoms with Gasteiger partial charge in [0.15, 0.2) is 0 Å². The summed E-state index contributed by atoms with van der Waals surface area (Å²) in [5, 5.41) is 0. The molecule has 2 rings (SSSR count). The van der Waals surface area contributed by atoms with Crippen LogP contribution in [0, 0.1) is 11.6 Å². The molecule has 1 aromatic rings. The number of piperidine rings is 1.